The van der Waals surface area contributed by atoms with Crippen molar-refractivity contribution in [2.24, 2.45) is 5.92 Å². The number of rotatable bonds is 4. The number of carboxylic acids is 1. The minimum absolute atomic E-state index is 0.139. The standard InChI is InChI=1S/C19H16ClFN2O2/c20-12-3-1-11(2-4-12)10-23-17-8-5-13(21)9-16(17)22-18(23)14-6-7-15(14)19(24)25/h1-5,8-9,14-15H,6-7,10H2,(H,24,25). The van der Waals surface area contributed by atoms with Crippen molar-refractivity contribution in [2.75, 3.05) is 0 Å². The van der Waals surface area contributed by atoms with Crippen molar-refractivity contribution in [3.63, 3.8) is 0 Å². The van der Waals surface area contributed by atoms with Gasteiger partial charge in [-0.15, -0.1) is 0 Å². The molecule has 0 bridgehead atoms. The van der Waals surface area contributed by atoms with Gasteiger partial charge >= 0.3 is 5.97 Å². The maximum absolute atomic E-state index is 13.6. The number of aromatic nitrogens is 2. The molecule has 3 aromatic rings. The summed E-state index contributed by atoms with van der Waals surface area (Å²) in [5.41, 5.74) is 2.39. The van der Waals surface area contributed by atoms with E-state index >= 15 is 0 Å². The second-order valence-electron chi connectivity index (χ2n) is 6.44. The van der Waals surface area contributed by atoms with Crippen molar-refractivity contribution < 1.29 is 14.3 Å². The van der Waals surface area contributed by atoms with Crippen LogP contribution in [0.15, 0.2) is 42.5 Å². The van der Waals surface area contributed by atoms with Crippen LogP contribution in [0.5, 0.6) is 0 Å². The molecule has 0 saturated heterocycles. The summed E-state index contributed by atoms with van der Waals surface area (Å²) in [6.45, 7) is 0.539. The molecule has 1 aromatic heterocycles. The molecule has 2 aromatic carbocycles. The Hall–Kier alpha value is -2.40. The first-order valence-electron chi connectivity index (χ1n) is 8.16. The number of imidazole rings is 1. The first-order chi connectivity index (χ1) is 12.0. The molecule has 1 aliphatic carbocycles. The number of halogens is 2. The predicted molar refractivity (Wildman–Crippen MR) is 93.3 cm³/mol. The van der Waals surface area contributed by atoms with Crippen LogP contribution in [0.2, 0.25) is 5.02 Å². The second-order valence-corrected chi connectivity index (χ2v) is 6.88. The summed E-state index contributed by atoms with van der Waals surface area (Å²) in [5, 5.41) is 10.0. The van der Waals surface area contributed by atoms with Gasteiger partial charge in [-0.25, -0.2) is 9.37 Å². The van der Waals surface area contributed by atoms with Gasteiger partial charge in [-0.3, -0.25) is 4.79 Å². The fourth-order valence-electron chi connectivity index (χ4n) is 3.45. The number of carboxylic acid groups (broad SMARTS) is 1. The number of hydrogen-bond acceptors (Lipinski definition) is 2. The van der Waals surface area contributed by atoms with E-state index in [1.807, 2.05) is 28.8 Å². The average molecular weight is 359 g/mol. The molecule has 0 aliphatic heterocycles. The van der Waals surface area contributed by atoms with Gasteiger partial charge in [-0.2, -0.15) is 0 Å². The number of nitrogens with zero attached hydrogens (tertiary/aromatic N) is 2. The molecular weight excluding hydrogens is 343 g/mol. The van der Waals surface area contributed by atoms with Crippen molar-refractivity contribution in [1.82, 2.24) is 9.55 Å². The Kier molecular flexibility index (Phi) is 3.96. The SMILES string of the molecule is O=C(O)C1CCC1c1nc2cc(F)ccc2n1Cc1ccc(Cl)cc1. The predicted octanol–water partition coefficient (Wildman–Crippen LogP) is 4.46. The monoisotopic (exact) mass is 358 g/mol. The third kappa shape index (κ3) is 2.89. The number of fused-ring (bicyclic) bond motifs is 1. The Balaban J connectivity index is 1.80. The molecule has 4 nitrogen and oxygen atoms in total. The third-order valence-corrected chi connectivity index (χ3v) is 5.17. The topological polar surface area (TPSA) is 55.1 Å². The molecule has 128 valence electrons. The molecule has 0 radical (unpaired) electrons. The van der Waals surface area contributed by atoms with Crippen LogP contribution in [0.25, 0.3) is 11.0 Å². The van der Waals surface area contributed by atoms with E-state index in [1.165, 1.54) is 12.1 Å². The van der Waals surface area contributed by atoms with Crippen molar-refractivity contribution in [2.45, 2.75) is 25.3 Å². The van der Waals surface area contributed by atoms with Crippen LogP contribution in [0.4, 0.5) is 4.39 Å². The highest BCUT2D eigenvalue weighted by atomic mass is 35.5. The zero-order chi connectivity index (χ0) is 17.6. The molecule has 2 unspecified atom stereocenters. The van der Waals surface area contributed by atoms with Gasteiger partial charge in [0.2, 0.25) is 0 Å². The lowest BCUT2D eigenvalue weighted by atomic mass is 9.73. The van der Waals surface area contributed by atoms with E-state index in [0.29, 0.717) is 29.3 Å². The van der Waals surface area contributed by atoms with Gasteiger partial charge < -0.3 is 9.67 Å². The minimum atomic E-state index is -0.799. The average Bonchev–Trinajstić information content (AvgIpc) is 2.85. The number of aliphatic carboxylic acids is 1. The van der Waals surface area contributed by atoms with Crippen LogP contribution >= 0.6 is 11.6 Å². The van der Waals surface area contributed by atoms with E-state index in [2.05, 4.69) is 4.98 Å². The highest BCUT2D eigenvalue weighted by Gasteiger charge is 2.40. The number of benzene rings is 2. The molecule has 0 amide bonds. The van der Waals surface area contributed by atoms with Crippen molar-refractivity contribution >= 4 is 28.6 Å². The summed E-state index contributed by atoms with van der Waals surface area (Å²) in [7, 11) is 0. The first kappa shape index (κ1) is 16.1. The van der Waals surface area contributed by atoms with Crippen LogP contribution in [-0.4, -0.2) is 20.6 Å². The van der Waals surface area contributed by atoms with E-state index in [1.54, 1.807) is 6.07 Å². The van der Waals surface area contributed by atoms with Gasteiger partial charge in [-0.1, -0.05) is 23.7 Å². The second kappa shape index (κ2) is 6.15. The smallest absolute Gasteiger partial charge is 0.307 e. The molecule has 1 fully saturated rings. The van der Waals surface area contributed by atoms with E-state index in [4.69, 9.17) is 11.6 Å². The van der Waals surface area contributed by atoms with Crippen LogP contribution < -0.4 is 0 Å². The van der Waals surface area contributed by atoms with Crippen molar-refractivity contribution in [3.8, 4) is 0 Å². The molecule has 25 heavy (non-hydrogen) atoms. The Morgan fingerprint density at radius 2 is 2.00 bits per heavy atom. The summed E-state index contributed by atoms with van der Waals surface area (Å²) in [5.74, 6) is -0.994. The van der Waals surface area contributed by atoms with Gasteiger partial charge in [0.05, 0.1) is 17.0 Å². The lowest BCUT2D eigenvalue weighted by Gasteiger charge is -2.33. The molecule has 0 spiro atoms. The lowest BCUT2D eigenvalue weighted by molar-refractivity contribution is -0.145. The van der Waals surface area contributed by atoms with Gasteiger partial charge in [-0.05, 0) is 42.7 Å². The highest BCUT2D eigenvalue weighted by Crippen LogP contribution is 2.43. The maximum Gasteiger partial charge on any atom is 0.307 e. The zero-order valence-electron chi connectivity index (χ0n) is 13.3. The molecule has 2 atom stereocenters. The molecule has 1 N–H and O–H groups in total. The molecule has 1 aliphatic rings. The van der Waals surface area contributed by atoms with Crippen LogP contribution in [0, 0.1) is 11.7 Å². The lowest BCUT2D eigenvalue weighted by Crippen LogP contribution is -2.33. The highest BCUT2D eigenvalue weighted by molar-refractivity contribution is 6.30. The third-order valence-electron chi connectivity index (χ3n) is 4.92. The van der Waals surface area contributed by atoms with Crippen LogP contribution in [-0.2, 0) is 11.3 Å². The summed E-state index contributed by atoms with van der Waals surface area (Å²) in [4.78, 5) is 16.0. The van der Waals surface area contributed by atoms with Gasteiger partial charge in [0.1, 0.15) is 11.6 Å². The zero-order valence-corrected chi connectivity index (χ0v) is 14.1. The summed E-state index contributed by atoms with van der Waals surface area (Å²) < 4.78 is 15.6. The van der Waals surface area contributed by atoms with E-state index in [0.717, 1.165) is 17.5 Å². The fraction of sp³-hybridized carbons (Fsp3) is 0.263. The Morgan fingerprint density at radius 1 is 1.24 bits per heavy atom. The van der Waals surface area contributed by atoms with Crippen molar-refractivity contribution in [3.05, 3.63) is 64.7 Å². The van der Waals surface area contributed by atoms with Crippen molar-refractivity contribution in [1.29, 1.82) is 0 Å². The van der Waals surface area contributed by atoms with E-state index in [-0.39, 0.29) is 11.7 Å². The number of carbonyl (C=O) groups is 1. The maximum atomic E-state index is 13.6. The summed E-state index contributed by atoms with van der Waals surface area (Å²) in [6.07, 6.45) is 1.43. The quantitative estimate of drug-likeness (QED) is 0.749. The fourth-order valence-corrected chi connectivity index (χ4v) is 3.57. The number of hydrogen-bond donors (Lipinski definition) is 1. The molecule has 1 heterocycles. The molecular formula is C19H16ClFN2O2. The normalized spacial score (nSPS) is 19.8. The molecule has 6 heteroatoms. The Morgan fingerprint density at radius 3 is 2.64 bits per heavy atom. The van der Waals surface area contributed by atoms with Crippen LogP contribution in [0.1, 0.15) is 30.1 Å². The minimum Gasteiger partial charge on any atom is -0.481 e. The molecule has 4 rings (SSSR count). The largest absolute Gasteiger partial charge is 0.481 e. The Labute approximate surface area is 148 Å². The Bertz CT molecular complexity index is 952. The molecule has 1 saturated carbocycles. The first-order valence-corrected chi connectivity index (χ1v) is 8.53. The van der Waals surface area contributed by atoms with Gasteiger partial charge in [0.25, 0.3) is 0 Å². The summed E-state index contributed by atoms with van der Waals surface area (Å²) in [6, 6.07) is 12.0. The van der Waals surface area contributed by atoms with Gasteiger partial charge in [0.15, 0.2) is 0 Å². The van der Waals surface area contributed by atoms with E-state index in [9.17, 15) is 14.3 Å². The van der Waals surface area contributed by atoms with Gasteiger partial charge in [0, 0.05) is 23.6 Å². The van der Waals surface area contributed by atoms with E-state index < -0.39 is 11.9 Å². The summed E-state index contributed by atoms with van der Waals surface area (Å²) >= 11 is 5.95. The van der Waals surface area contributed by atoms with Crippen LogP contribution in [0.3, 0.4) is 0 Å².